The zero-order valence-corrected chi connectivity index (χ0v) is 42.4. The molecule has 35 nitrogen and oxygen atoms in total. The standard InChI is InChI=1S/C44H75NO34/c1-10-20(55)26(61)29(64)40(68-10)76-35-19(45-12(3)52)39(77-36-24(59)16(7-49)71-43(32(36)67)74-33(14(54)5-47)22(57)13(53)4-46)73-18(9-51)34(35)75-44-38(79-41-30(65)27(62)21(56)11(2)69-41)37(25(60)17(8-50)72-44)78-42-31(66)28(63)23(58)15(6-48)70-42/h4,10-11,13-44,47-51,53-67H,5-9H2,1-3H3,(H,45,52)/t10-,11-,13-,14+,15+,16+,17+,18+,19+,20+,21+,22+,23-,24-,25-,26?,27+,28-,29-,30-,31+,32+,33+,34+,35+,36-,37-,38+,39-,40-,41-,42+,43-,44-/m0/s1. The van der Waals surface area contributed by atoms with E-state index in [1.807, 2.05) is 0 Å². The molecule has 1 unspecified atom stereocenters. The van der Waals surface area contributed by atoms with Crippen molar-refractivity contribution in [2.45, 2.75) is 229 Å². The maximum Gasteiger partial charge on any atom is 0.217 e. The molecule has 0 bridgehead atoms. The van der Waals surface area contributed by atoms with Gasteiger partial charge in [0.1, 0.15) is 159 Å². The summed E-state index contributed by atoms with van der Waals surface area (Å²) < 4.78 is 70.9. The monoisotopic (exact) mass is 1160 g/mol. The van der Waals surface area contributed by atoms with Gasteiger partial charge in [0.2, 0.25) is 5.91 Å². The van der Waals surface area contributed by atoms with E-state index < -0.39 is 248 Å². The van der Waals surface area contributed by atoms with Crippen molar-refractivity contribution in [3.05, 3.63) is 0 Å². The van der Waals surface area contributed by atoms with E-state index in [9.17, 15) is 112 Å². The van der Waals surface area contributed by atoms with Crippen molar-refractivity contribution in [1.82, 2.24) is 5.32 Å². The highest BCUT2D eigenvalue weighted by Gasteiger charge is 2.60. The molecule has 0 radical (unpaired) electrons. The molecule has 6 aliphatic heterocycles. The van der Waals surface area contributed by atoms with E-state index in [4.69, 9.17) is 56.8 Å². The summed E-state index contributed by atoms with van der Waals surface area (Å²) in [4.78, 5) is 24.6. The first kappa shape index (κ1) is 66.0. The largest absolute Gasteiger partial charge is 0.394 e. The Balaban J connectivity index is 1.44. The van der Waals surface area contributed by atoms with Crippen molar-refractivity contribution >= 4 is 12.2 Å². The molecule has 460 valence electrons. The van der Waals surface area contributed by atoms with Crippen LogP contribution in [-0.2, 0) is 66.4 Å². The number of hydrogen-bond acceptors (Lipinski definition) is 34. The number of aliphatic hydroxyl groups excluding tert-OH is 20. The predicted octanol–water partition coefficient (Wildman–Crippen LogP) is -14.2. The molecule has 34 atom stereocenters. The summed E-state index contributed by atoms with van der Waals surface area (Å²) in [6.45, 7) is -2.13. The van der Waals surface area contributed by atoms with Crippen LogP contribution < -0.4 is 5.32 Å². The summed E-state index contributed by atoms with van der Waals surface area (Å²) >= 11 is 0. The number of hydrogen-bond donors (Lipinski definition) is 21. The minimum atomic E-state index is -2.34. The Labute approximate surface area is 448 Å². The summed E-state index contributed by atoms with van der Waals surface area (Å²) in [7, 11) is 0. The highest BCUT2D eigenvalue weighted by molar-refractivity contribution is 5.73. The minimum absolute atomic E-state index is 0.155. The third-order valence-corrected chi connectivity index (χ3v) is 14.4. The third-order valence-electron chi connectivity index (χ3n) is 14.4. The topological polar surface area (TPSA) is 562 Å². The average molecular weight is 1160 g/mol. The fourth-order valence-corrected chi connectivity index (χ4v) is 9.80. The molecule has 6 aliphatic rings. The van der Waals surface area contributed by atoms with Crippen LogP contribution in [0.1, 0.15) is 20.8 Å². The third kappa shape index (κ3) is 14.3. The molecule has 0 spiro atoms. The maximum atomic E-state index is 13.2. The smallest absolute Gasteiger partial charge is 0.217 e. The number of aldehydes is 1. The average Bonchev–Trinajstić information content (AvgIpc) is 3.49. The van der Waals surface area contributed by atoms with E-state index in [1.165, 1.54) is 13.8 Å². The van der Waals surface area contributed by atoms with Gasteiger partial charge in [0.25, 0.3) is 0 Å². The zero-order chi connectivity index (χ0) is 58.6. The minimum Gasteiger partial charge on any atom is -0.394 e. The fraction of sp³-hybridized carbons (Fsp3) is 0.955. The molecule has 6 heterocycles. The molecule has 6 fully saturated rings. The van der Waals surface area contributed by atoms with E-state index in [0.717, 1.165) is 6.92 Å². The van der Waals surface area contributed by atoms with Crippen LogP contribution in [0.3, 0.4) is 0 Å². The van der Waals surface area contributed by atoms with Crippen molar-refractivity contribution in [2.24, 2.45) is 0 Å². The van der Waals surface area contributed by atoms with Crippen molar-refractivity contribution < 1.29 is 169 Å². The van der Waals surface area contributed by atoms with Crippen molar-refractivity contribution in [3.63, 3.8) is 0 Å². The van der Waals surface area contributed by atoms with Gasteiger partial charge in [0, 0.05) is 6.92 Å². The summed E-state index contributed by atoms with van der Waals surface area (Å²) in [6, 6.07) is -1.98. The van der Waals surface area contributed by atoms with Crippen molar-refractivity contribution in [3.8, 4) is 0 Å². The van der Waals surface area contributed by atoms with Gasteiger partial charge in [-0.3, -0.25) is 4.79 Å². The molecule has 0 aliphatic carbocycles. The van der Waals surface area contributed by atoms with E-state index in [1.54, 1.807) is 0 Å². The predicted molar refractivity (Wildman–Crippen MR) is 242 cm³/mol. The molecule has 0 saturated carbocycles. The van der Waals surface area contributed by atoms with Gasteiger partial charge in [-0.1, -0.05) is 0 Å². The molecule has 0 aromatic rings. The lowest BCUT2D eigenvalue weighted by Crippen LogP contribution is -2.72. The van der Waals surface area contributed by atoms with E-state index in [2.05, 4.69) is 5.32 Å². The quantitative estimate of drug-likeness (QED) is 0.0448. The van der Waals surface area contributed by atoms with Gasteiger partial charge in [-0.15, -0.1) is 0 Å². The Morgan fingerprint density at radius 1 is 0.456 bits per heavy atom. The number of amides is 1. The lowest BCUT2D eigenvalue weighted by Gasteiger charge is -2.52. The molecular weight excluding hydrogens is 1090 g/mol. The first-order valence-corrected chi connectivity index (χ1v) is 25.1. The summed E-state index contributed by atoms with van der Waals surface area (Å²) in [5.74, 6) is -0.970. The number of nitrogens with one attached hydrogen (secondary N) is 1. The number of aliphatic hydroxyl groups is 20. The van der Waals surface area contributed by atoms with E-state index in [-0.39, 0.29) is 6.29 Å². The van der Waals surface area contributed by atoms with Gasteiger partial charge < -0.3 is 169 Å². The Morgan fingerprint density at radius 3 is 1.35 bits per heavy atom. The molecule has 0 aromatic carbocycles. The summed E-state index contributed by atoms with van der Waals surface area (Å²) in [5, 5.41) is 217. The number of carbonyl (C=O) groups excluding carboxylic acids is 2. The van der Waals surface area contributed by atoms with Crippen LogP contribution >= 0.6 is 0 Å². The van der Waals surface area contributed by atoms with Crippen LogP contribution in [-0.4, -0.2) is 356 Å². The van der Waals surface area contributed by atoms with E-state index >= 15 is 0 Å². The van der Waals surface area contributed by atoms with Gasteiger partial charge in [-0.05, 0) is 13.8 Å². The Kier molecular flexibility index (Phi) is 23.9. The second kappa shape index (κ2) is 28.6. The molecule has 79 heavy (non-hydrogen) atoms. The Bertz CT molecular complexity index is 1890. The van der Waals surface area contributed by atoms with Crippen molar-refractivity contribution in [2.75, 3.05) is 33.0 Å². The lowest BCUT2D eigenvalue weighted by atomic mass is 9.93. The van der Waals surface area contributed by atoms with Crippen LogP contribution in [0.25, 0.3) is 0 Å². The molecule has 0 aromatic heterocycles. The number of rotatable bonds is 22. The molecule has 1 amide bonds. The Hall–Kier alpha value is -2.14. The van der Waals surface area contributed by atoms with Crippen LogP contribution in [0.4, 0.5) is 0 Å². The zero-order valence-electron chi connectivity index (χ0n) is 42.4. The molecule has 6 rings (SSSR count). The molecule has 21 N–H and O–H groups in total. The first-order valence-electron chi connectivity index (χ1n) is 25.1. The number of ether oxygens (including phenoxy) is 12. The summed E-state index contributed by atoms with van der Waals surface area (Å²) in [6.07, 6.45) is -66.9. The molecule has 6 saturated heterocycles. The second-order valence-corrected chi connectivity index (χ2v) is 19.9. The molecular formula is C44H75NO34. The second-order valence-electron chi connectivity index (χ2n) is 19.9. The number of carbonyl (C=O) groups is 2. The van der Waals surface area contributed by atoms with Gasteiger partial charge in [0.15, 0.2) is 44.0 Å². The summed E-state index contributed by atoms with van der Waals surface area (Å²) in [5.41, 5.74) is 0. The fourth-order valence-electron chi connectivity index (χ4n) is 9.80. The normalized spacial score (nSPS) is 48.6. The van der Waals surface area contributed by atoms with Gasteiger partial charge in [-0.25, -0.2) is 0 Å². The van der Waals surface area contributed by atoms with Crippen molar-refractivity contribution in [1.29, 1.82) is 0 Å². The maximum absolute atomic E-state index is 13.2. The Morgan fingerprint density at radius 2 is 0.861 bits per heavy atom. The SMILES string of the molecule is CC(=O)N[C@H]1[C@H](O[C@H]2[C@@H](O)[C@@H](CO)O[C@@H](O[C@@H]([C@H](O)[C@@H](O)C=O)[C@H](O)CO)[C@@H]2O)O[C@H](CO)[C@@H](O[C@@H]2O[C@H](CO)[C@H](O)[C@H](O[C@H]3O[C@H](CO)[C@H](O)[C@H](O)[C@H]3O)[C@H]2O[C@@H]2O[C@@H](C)[C@@H](O)[C@@H](O)[C@@H]2O)[C@@H]1O[C@@H]1O[C@@H](C)[C@@H](O)C(O)[C@@H]1O. The van der Waals surface area contributed by atoms with Gasteiger partial charge >= 0.3 is 0 Å². The highest BCUT2D eigenvalue weighted by Crippen LogP contribution is 2.39. The van der Waals surface area contributed by atoms with Gasteiger partial charge in [0.05, 0.1) is 45.2 Å². The van der Waals surface area contributed by atoms with Crippen LogP contribution in [0, 0.1) is 0 Å². The lowest BCUT2D eigenvalue weighted by molar-refractivity contribution is -0.411. The highest BCUT2D eigenvalue weighted by atomic mass is 16.8. The van der Waals surface area contributed by atoms with Gasteiger partial charge in [-0.2, -0.15) is 0 Å². The van der Waals surface area contributed by atoms with Crippen LogP contribution in [0.5, 0.6) is 0 Å². The first-order chi connectivity index (χ1) is 37.3. The molecule has 35 heteroatoms. The van der Waals surface area contributed by atoms with E-state index in [0.29, 0.717) is 0 Å². The van der Waals surface area contributed by atoms with Crippen LogP contribution in [0.2, 0.25) is 0 Å². The van der Waals surface area contributed by atoms with Crippen LogP contribution in [0.15, 0.2) is 0 Å².